The zero-order valence-electron chi connectivity index (χ0n) is 13.5. The van der Waals surface area contributed by atoms with Crippen LogP contribution < -0.4 is 10.5 Å². The summed E-state index contributed by atoms with van der Waals surface area (Å²) in [4.78, 5) is 6.74. The molecule has 0 bridgehead atoms. The second-order valence-corrected chi connectivity index (χ2v) is 8.41. The van der Waals surface area contributed by atoms with Crippen molar-refractivity contribution in [1.29, 1.82) is 0 Å². The third-order valence-corrected chi connectivity index (χ3v) is 6.07. The normalized spacial score (nSPS) is 19.7. The number of rotatable bonds is 4. The summed E-state index contributed by atoms with van der Waals surface area (Å²) < 4.78 is 22.8. The number of primary sulfonamides is 1. The van der Waals surface area contributed by atoms with E-state index in [0.29, 0.717) is 11.8 Å². The summed E-state index contributed by atoms with van der Waals surface area (Å²) in [5.74, 6) is 1.95. The fraction of sp³-hybridized carbons (Fsp3) is 0.533. The van der Waals surface area contributed by atoms with Crippen molar-refractivity contribution in [2.24, 2.45) is 10.1 Å². The Morgan fingerprint density at radius 3 is 2.96 bits per heavy atom. The van der Waals surface area contributed by atoms with Crippen molar-refractivity contribution in [3.05, 3.63) is 29.8 Å². The molecular weight excluding hydrogens is 332 g/mol. The fourth-order valence-corrected chi connectivity index (χ4v) is 4.27. The Labute approximate surface area is 142 Å². The first-order chi connectivity index (χ1) is 10.9. The lowest BCUT2D eigenvalue weighted by Gasteiger charge is -2.34. The zero-order chi connectivity index (χ0) is 16.9. The van der Waals surface area contributed by atoms with Crippen molar-refractivity contribution >= 4 is 27.7 Å². The van der Waals surface area contributed by atoms with Gasteiger partial charge in [-0.25, -0.2) is 13.6 Å². The Balaban J connectivity index is 2.01. The zero-order valence-corrected chi connectivity index (χ0v) is 15.2. The number of nitrogens with one attached hydrogen (secondary N) is 1. The van der Waals surface area contributed by atoms with Crippen LogP contribution in [0.2, 0.25) is 0 Å². The Hall–Kier alpha value is -1.25. The first-order valence-corrected chi connectivity index (χ1v) is 10.2. The molecule has 23 heavy (non-hydrogen) atoms. The van der Waals surface area contributed by atoms with Gasteiger partial charge in [-0.15, -0.1) is 0 Å². The molecule has 3 N–H and O–H groups in total. The predicted octanol–water partition coefficient (Wildman–Crippen LogP) is 1.24. The number of thioether (sulfide) groups is 1. The minimum Gasteiger partial charge on any atom is -0.352 e. The Morgan fingerprint density at radius 1 is 1.52 bits per heavy atom. The molecule has 1 aromatic carbocycles. The van der Waals surface area contributed by atoms with E-state index in [9.17, 15) is 8.42 Å². The Bertz CT molecular complexity index is 661. The number of nitrogens with zero attached hydrogens (tertiary/aromatic N) is 2. The first kappa shape index (κ1) is 18.1. The number of hydrogen-bond acceptors (Lipinski definition) is 4. The molecule has 0 radical (unpaired) electrons. The summed E-state index contributed by atoms with van der Waals surface area (Å²) in [6, 6.07) is 6.66. The minimum absolute atomic E-state index is 0.132. The number of guanidine groups is 1. The summed E-state index contributed by atoms with van der Waals surface area (Å²) in [5.41, 5.74) is 0.858. The van der Waals surface area contributed by atoms with Gasteiger partial charge in [0.05, 0.1) is 4.90 Å². The van der Waals surface area contributed by atoms with Gasteiger partial charge < -0.3 is 10.2 Å². The largest absolute Gasteiger partial charge is 0.352 e. The van der Waals surface area contributed by atoms with E-state index in [2.05, 4.69) is 22.1 Å². The SMILES string of the molecule is CCC1CN(C(=NC)NCc2cccc(S(N)(=O)=O)c2)CCS1. The molecule has 1 atom stereocenters. The second kappa shape index (κ2) is 8.03. The van der Waals surface area contributed by atoms with E-state index in [1.165, 1.54) is 6.07 Å². The highest BCUT2D eigenvalue weighted by molar-refractivity contribution is 8.00. The predicted molar refractivity (Wildman–Crippen MR) is 96.1 cm³/mol. The van der Waals surface area contributed by atoms with E-state index in [4.69, 9.17) is 5.14 Å². The minimum atomic E-state index is -3.67. The maximum atomic E-state index is 11.4. The molecule has 1 saturated heterocycles. The second-order valence-electron chi connectivity index (χ2n) is 5.44. The highest BCUT2D eigenvalue weighted by Gasteiger charge is 2.21. The molecule has 1 aliphatic heterocycles. The van der Waals surface area contributed by atoms with Gasteiger partial charge in [-0.1, -0.05) is 19.1 Å². The molecule has 1 fully saturated rings. The van der Waals surface area contributed by atoms with Crippen LogP contribution in [0.15, 0.2) is 34.2 Å². The average Bonchev–Trinajstić information content (AvgIpc) is 2.55. The summed E-state index contributed by atoms with van der Waals surface area (Å²) in [7, 11) is -1.90. The number of benzene rings is 1. The van der Waals surface area contributed by atoms with Crippen molar-refractivity contribution in [1.82, 2.24) is 10.2 Å². The molecule has 0 aliphatic carbocycles. The van der Waals surface area contributed by atoms with Crippen LogP contribution in [0.25, 0.3) is 0 Å². The van der Waals surface area contributed by atoms with E-state index in [0.717, 1.165) is 36.8 Å². The highest BCUT2D eigenvalue weighted by atomic mass is 32.2. The molecule has 1 aromatic rings. The quantitative estimate of drug-likeness (QED) is 0.626. The molecular formula is C15H24N4O2S2. The summed E-state index contributed by atoms with van der Waals surface area (Å²) in [6.07, 6.45) is 1.15. The van der Waals surface area contributed by atoms with Gasteiger partial charge in [0.25, 0.3) is 0 Å². The van der Waals surface area contributed by atoms with Gasteiger partial charge >= 0.3 is 0 Å². The van der Waals surface area contributed by atoms with Crippen molar-refractivity contribution in [2.45, 2.75) is 30.0 Å². The van der Waals surface area contributed by atoms with Crippen LogP contribution in [0.1, 0.15) is 18.9 Å². The Morgan fingerprint density at radius 2 is 2.30 bits per heavy atom. The van der Waals surface area contributed by atoms with E-state index >= 15 is 0 Å². The van der Waals surface area contributed by atoms with Crippen LogP contribution >= 0.6 is 11.8 Å². The van der Waals surface area contributed by atoms with Gasteiger partial charge in [0.15, 0.2) is 5.96 Å². The maximum absolute atomic E-state index is 11.4. The van der Waals surface area contributed by atoms with Crippen molar-refractivity contribution in [3.63, 3.8) is 0 Å². The van der Waals surface area contributed by atoms with E-state index in [1.54, 1.807) is 19.2 Å². The standard InChI is InChI=1S/C15H24N4O2S2/c1-3-13-11-19(7-8-22-13)15(17-2)18-10-12-5-4-6-14(9-12)23(16,20)21/h4-6,9,13H,3,7-8,10-11H2,1-2H3,(H,17,18)(H2,16,20,21). The maximum Gasteiger partial charge on any atom is 0.238 e. The molecule has 1 unspecified atom stereocenters. The van der Waals surface area contributed by atoms with E-state index < -0.39 is 10.0 Å². The summed E-state index contributed by atoms with van der Waals surface area (Å²) in [5, 5.41) is 9.11. The van der Waals surface area contributed by atoms with E-state index in [1.807, 2.05) is 17.8 Å². The molecule has 6 nitrogen and oxygen atoms in total. The van der Waals surface area contributed by atoms with Crippen molar-refractivity contribution in [2.75, 3.05) is 25.9 Å². The highest BCUT2D eigenvalue weighted by Crippen LogP contribution is 2.21. The number of sulfonamides is 1. The summed E-state index contributed by atoms with van der Waals surface area (Å²) in [6.45, 7) is 4.67. The number of hydrogen-bond donors (Lipinski definition) is 2. The molecule has 0 spiro atoms. The van der Waals surface area contributed by atoms with Gasteiger partial charge in [0.1, 0.15) is 0 Å². The molecule has 1 heterocycles. The lowest BCUT2D eigenvalue weighted by Crippen LogP contribution is -2.47. The van der Waals surface area contributed by atoms with Crippen LogP contribution in [-0.2, 0) is 16.6 Å². The molecule has 0 amide bonds. The molecule has 2 rings (SSSR count). The van der Waals surface area contributed by atoms with Gasteiger partial charge in [-0.05, 0) is 24.1 Å². The van der Waals surface area contributed by atoms with Crippen LogP contribution in [0.5, 0.6) is 0 Å². The lowest BCUT2D eigenvalue weighted by atomic mass is 10.2. The monoisotopic (exact) mass is 356 g/mol. The third-order valence-electron chi connectivity index (χ3n) is 3.78. The third kappa shape index (κ3) is 5.12. The fourth-order valence-electron chi connectivity index (χ4n) is 2.50. The van der Waals surface area contributed by atoms with Gasteiger partial charge in [0, 0.05) is 37.7 Å². The lowest BCUT2D eigenvalue weighted by molar-refractivity contribution is 0.408. The van der Waals surface area contributed by atoms with Crippen molar-refractivity contribution in [3.8, 4) is 0 Å². The topological polar surface area (TPSA) is 87.8 Å². The van der Waals surface area contributed by atoms with Crippen molar-refractivity contribution < 1.29 is 8.42 Å². The molecule has 0 aromatic heterocycles. The molecule has 0 saturated carbocycles. The van der Waals surface area contributed by atoms with Crippen LogP contribution in [0.3, 0.4) is 0 Å². The average molecular weight is 357 g/mol. The summed E-state index contributed by atoms with van der Waals surface area (Å²) >= 11 is 2.01. The Kier molecular flexibility index (Phi) is 6.32. The molecule has 8 heteroatoms. The van der Waals surface area contributed by atoms with E-state index in [-0.39, 0.29) is 4.90 Å². The van der Waals surface area contributed by atoms with Crippen LogP contribution in [-0.4, -0.2) is 50.4 Å². The van der Waals surface area contributed by atoms with Crippen LogP contribution in [0.4, 0.5) is 0 Å². The first-order valence-electron chi connectivity index (χ1n) is 7.63. The van der Waals surface area contributed by atoms with Gasteiger partial charge in [0.2, 0.25) is 10.0 Å². The van der Waals surface area contributed by atoms with Gasteiger partial charge in [-0.2, -0.15) is 11.8 Å². The van der Waals surface area contributed by atoms with Gasteiger partial charge in [-0.3, -0.25) is 4.99 Å². The smallest absolute Gasteiger partial charge is 0.238 e. The van der Waals surface area contributed by atoms with Crippen LogP contribution in [0, 0.1) is 0 Å². The molecule has 128 valence electrons. The number of nitrogens with two attached hydrogens (primary N) is 1. The number of aliphatic imine (C=N–C) groups is 1. The molecule has 1 aliphatic rings.